The van der Waals surface area contributed by atoms with Crippen LogP contribution in [0.4, 0.5) is 4.39 Å². The van der Waals surface area contributed by atoms with Gasteiger partial charge in [0.25, 0.3) is 5.95 Å². The lowest BCUT2D eigenvalue weighted by Gasteiger charge is -2.18. The largest absolute Gasteiger partial charge is 0.394 e. The Kier molecular flexibility index (Phi) is 3.74. The highest BCUT2D eigenvalue weighted by molar-refractivity contribution is 7.71. The zero-order chi connectivity index (χ0) is 16.0. The lowest BCUT2D eigenvalue weighted by molar-refractivity contribution is -0.0539. The van der Waals surface area contributed by atoms with Gasteiger partial charge in [-0.3, -0.25) is 9.36 Å². The Morgan fingerprint density at radius 1 is 1.41 bits per heavy atom. The number of aromatic amines is 1. The highest BCUT2D eigenvalue weighted by atomic mass is 32.1. The minimum Gasteiger partial charge on any atom is -0.394 e. The summed E-state index contributed by atoms with van der Waals surface area (Å²) in [5.74, 6) is -1.24. The molecule has 1 fully saturated rings. The summed E-state index contributed by atoms with van der Waals surface area (Å²) in [4.78, 5) is 20.7. The van der Waals surface area contributed by atoms with Gasteiger partial charge in [0.05, 0.1) is 6.61 Å². The smallest absolute Gasteiger partial charge is 0.305 e. The molecule has 1 saturated heterocycles. The van der Waals surface area contributed by atoms with Crippen molar-refractivity contribution < 1.29 is 24.4 Å². The van der Waals surface area contributed by atoms with Crippen LogP contribution in [0.1, 0.15) is 6.23 Å². The molecule has 1 aliphatic rings. The number of aromatic nitrogens is 4. The van der Waals surface area contributed by atoms with E-state index in [1.807, 2.05) is 0 Å². The fraction of sp³-hybridized carbons (Fsp3) is 0.455. The van der Waals surface area contributed by atoms with Crippen LogP contribution in [-0.4, -0.2) is 59.8 Å². The summed E-state index contributed by atoms with van der Waals surface area (Å²) in [5.41, 5.74) is -1.05. The van der Waals surface area contributed by atoms with Crippen LogP contribution in [0.2, 0.25) is 0 Å². The second kappa shape index (κ2) is 5.44. The van der Waals surface area contributed by atoms with Crippen molar-refractivity contribution in [2.45, 2.75) is 24.5 Å². The minimum atomic E-state index is -1.37. The summed E-state index contributed by atoms with van der Waals surface area (Å²) >= 11 is 5.03. The third kappa shape index (κ3) is 2.32. The van der Waals surface area contributed by atoms with Crippen molar-refractivity contribution in [3.63, 3.8) is 0 Å². The van der Waals surface area contributed by atoms with E-state index >= 15 is 0 Å². The first-order valence-electron chi connectivity index (χ1n) is 6.23. The van der Waals surface area contributed by atoms with Crippen LogP contribution >= 0.6 is 12.2 Å². The van der Waals surface area contributed by atoms with E-state index in [1.165, 1.54) is 10.8 Å². The van der Waals surface area contributed by atoms with Crippen molar-refractivity contribution >= 4 is 23.4 Å². The van der Waals surface area contributed by atoms with E-state index in [4.69, 9.17) is 22.1 Å². The third-order valence-electron chi connectivity index (χ3n) is 3.36. The highest BCUT2D eigenvalue weighted by Gasteiger charge is 2.43. The van der Waals surface area contributed by atoms with E-state index < -0.39 is 42.7 Å². The maximum atomic E-state index is 13.2. The molecule has 0 bridgehead atoms. The molecule has 1 unspecified atom stereocenters. The number of ether oxygens (including phenoxy) is 1. The summed E-state index contributed by atoms with van der Waals surface area (Å²) < 4.78 is 19.7. The number of aliphatic hydroxyl groups excluding tert-OH is 3. The molecule has 2 aromatic rings. The Labute approximate surface area is 126 Å². The van der Waals surface area contributed by atoms with Gasteiger partial charge in [0, 0.05) is 6.20 Å². The lowest BCUT2D eigenvalue weighted by Crippen LogP contribution is -2.33. The van der Waals surface area contributed by atoms with Gasteiger partial charge in [-0.05, 0) is 12.2 Å². The summed E-state index contributed by atoms with van der Waals surface area (Å²) in [6.45, 7) is -0.497. The van der Waals surface area contributed by atoms with Gasteiger partial charge in [0.15, 0.2) is 11.9 Å². The predicted octanol–water partition coefficient (Wildman–Crippen LogP) is -1.40. The van der Waals surface area contributed by atoms with Gasteiger partial charge in [-0.25, -0.2) is 4.98 Å². The van der Waals surface area contributed by atoms with Gasteiger partial charge in [0.2, 0.25) is 4.77 Å². The Morgan fingerprint density at radius 3 is 2.77 bits per heavy atom. The van der Waals surface area contributed by atoms with Crippen molar-refractivity contribution in [1.29, 1.82) is 0 Å². The predicted molar refractivity (Wildman–Crippen MR) is 72.0 cm³/mol. The van der Waals surface area contributed by atoms with Crippen LogP contribution in [0.15, 0.2) is 11.0 Å². The average molecular weight is 330 g/mol. The molecule has 4 N–H and O–H groups in total. The number of hydrogen-bond donors (Lipinski definition) is 4. The normalized spacial score (nSPS) is 28.4. The minimum absolute atomic E-state index is 0.0107. The Morgan fingerprint density at radius 2 is 2.14 bits per heavy atom. The number of nitrogens with zero attached hydrogens (tertiary/aromatic N) is 3. The van der Waals surface area contributed by atoms with E-state index in [-0.39, 0.29) is 15.9 Å². The molecule has 1 aliphatic heterocycles. The van der Waals surface area contributed by atoms with Crippen LogP contribution in [-0.2, 0) is 4.74 Å². The molecule has 3 rings (SSSR count). The van der Waals surface area contributed by atoms with Crippen molar-refractivity contribution in [3.8, 4) is 0 Å². The molecule has 9 nitrogen and oxygen atoms in total. The van der Waals surface area contributed by atoms with Crippen molar-refractivity contribution in [3.05, 3.63) is 27.3 Å². The molecule has 0 aliphatic carbocycles. The molecule has 0 aromatic carbocycles. The molecule has 11 heteroatoms. The van der Waals surface area contributed by atoms with Crippen LogP contribution in [0, 0.1) is 10.7 Å². The topological polar surface area (TPSA) is 133 Å². The fourth-order valence-corrected chi connectivity index (χ4v) is 2.49. The van der Waals surface area contributed by atoms with E-state index in [2.05, 4.69) is 15.0 Å². The molecule has 4 atom stereocenters. The van der Waals surface area contributed by atoms with Crippen LogP contribution in [0.25, 0.3) is 11.2 Å². The summed E-state index contributed by atoms with van der Waals surface area (Å²) in [7, 11) is 0. The van der Waals surface area contributed by atoms with Gasteiger partial charge >= 0.3 is 5.56 Å². The number of aliphatic hydroxyl groups is 3. The lowest BCUT2D eigenvalue weighted by atomic mass is 10.1. The second-order valence-corrected chi connectivity index (χ2v) is 5.12. The number of halogens is 1. The first-order chi connectivity index (χ1) is 10.4. The molecular formula is C11H11FN4O5S. The zero-order valence-electron chi connectivity index (χ0n) is 10.9. The molecule has 3 heterocycles. The Bertz CT molecular complexity index is 839. The number of rotatable bonds is 2. The Balaban J connectivity index is 2.12. The molecule has 22 heavy (non-hydrogen) atoms. The summed E-state index contributed by atoms with van der Waals surface area (Å²) in [6, 6.07) is 0. The van der Waals surface area contributed by atoms with Crippen LogP contribution < -0.4 is 5.56 Å². The van der Waals surface area contributed by atoms with Crippen LogP contribution in [0.5, 0.6) is 0 Å². The zero-order valence-corrected chi connectivity index (χ0v) is 11.7. The average Bonchev–Trinajstić information content (AvgIpc) is 2.76. The molecule has 0 saturated carbocycles. The molecule has 0 radical (unpaired) electrons. The van der Waals surface area contributed by atoms with Gasteiger partial charge in [-0.2, -0.15) is 9.37 Å². The van der Waals surface area contributed by atoms with Crippen molar-refractivity contribution in [2.75, 3.05) is 6.61 Å². The van der Waals surface area contributed by atoms with Crippen molar-refractivity contribution in [1.82, 2.24) is 19.5 Å². The van der Waals surface area contributed by atoms with E-state index in [0.717, 1.165) is 0 Å². The van der Waals surface area contributed by atoms with E-state index in [9.17, 15) is 19.4 Å². The molecular weight excluding hydrogens is 319 g/mol. The molecule has 2 aromatic heterocycles. The standard InChI is InChI=1S/C11H11FN4O5S/c12-7-9(20)14-8-3(13-7)1-16(11(22)15-8)10-6(19)5(18)4(2-17)21-10/h1,4-6,10,17-19H,2H2,(H,14,15,20,22)/t4-,5+,6?,10-/m1/s1. The maximum Gasteiger partial charge on any atom is 0.305 e. The van der Waals surface area contributed by atoms with E-state index in [0.29, 0.717) is 0 Å². The van der Waals surface area contributed by atoms with Gasteiger partial charge in [-0.1, -0.05) is 0 Å². The Hall–Kier alpha value is -1.79. The van der Waals surface area contributed by atoms with Gasteiger partial charge in [0.1, 0.15) is 23.8 Å². The third-order valence-corrected chi connectivity index (χ3v) is 3.66. The molecule has 0 spiro atoms. The van der Waals surface area contributed by atoms with E-state index in [1.54, 1.807) is 0 Å². The first-order valence-corrected chi connectivity index (χ1v) is 6.64. The SMILES string of the molecule is O=c1[nH]c2nc(=S)n([C@@H]3O[C@H](CO)[C@H](O)C3O)cc2nc1F. The number of hydrogen-bond acceptors (Lipinski definition) is 8. The maximum absolute atomic E-state index is 13.2. The quantitative estimate of drug-likeness (QED) is 0.494. The monoisotopic (exact) mass is 330 g/mol. The summed E-state index contributed by atoms with van der Waals surface area (Å²) in [5, 5.41) is 28.8. The highest BCUT2D eigenvalue weighted by Crippen LogP contribution is 2.29. The molecule has 0 amide bonds. The molecule has 118 valence electrons. The van der Waals surface area contributed by atoms with Gasteiger partial charge in [-0.15, -0.1) is 0 Å². The first kappa shape index (κ1) is 15.1. The fourth-order valence-electron chi connectivity index (χ4n) is 2.24. The number of nitrogens with one attached hydrogen (secondary N) is 1. The van der Waals surface area contributed by atoms with Gasteiger partial charge < -0.3 is 25.0 Å². The van der Waals surface area contributed by atoms with Crippen molar-refractivity contribution in [2.24, 2.45) is 0 Å². The number of fused-ring (bicyclic) bond motifs is 1. The summed E-state index contributed by atoms with van der Waals surface area (Å²) in [6.07, 6.45) is -3.54. The number of H-pyrrole nitrogens is 1. The second-order valence-electron chi connectivity index (χ2n) is 4.75. The van der Waals surface area contributed by atoms with Crippen LogP contribution in [0.3, 0.4) is 0 Å².